The maximum absolute atomic E-state index is 8.36. The van der Waals surface area contributed by atoms with Gasteiger partial charge in [0.1, 0.15) is 0 Å². The van der Waals surface area contributed by atoms with Crippen molar-refractivity contribution in [3.05, 3.63) is 24.2 Å². The van der Waals surface area contributed by atoms with Gasteiger partial charge in [-0.2, -0.15) is 5.26 Å². The minimum Gasteiger partial charge on any atom is -0.479 e. The third kappa shape index (κ3) is 3.24. The highest BCUT2D eigenvalue weighted by molar-refractivity contribution is 5.10. The minimum absolute atomic E-state index is 0.544. The largest absolute Gasteiger partial charge is 0.479 e. The lowest BCUT2D eigenvalue weighted by atomic mass is 10.3. The van der Waals surface area contributed by atoms with Crippen LogP contribution in [0.3, 0.4) is 0 Å². The van der Waals surface area contributed by atoms with Gasteiger partial charge in [-0.15, -0.1) is 0 Å². The predicted molar refractivity (Wildman–Crippen MR) is 29.2 cm³/mol. The van der Waals surface area contributed by atoms with Gasteiger partial charge in [-0.25, -0.2) is 0 Å². The van der Waals surface area contributed by atoms with Crippen LogP contribution in [0, 0.1) is 0 Å². The molecular formula is C5H8O3. The van der Waals surface area contributed by atoms with Crippen molar-refractivity contribution in [3.63, 3.8) is 0 Å². The van der Waals surface area contributed by atoms with E-state index in [-0.39, 0.29) is 0 Å². The lowest BCUT2D eigenvalue weighted by Crippen LogP contribution is -1.83. The Morgan fingerprint density at radius 1 is 1.75 bits per heavy atom. The molecule has 8 heavy (non-hydrogen) atoms. The second kappa shape index (κ2) is 3.10. The fourth-order valence-electron chi connectivity index (χ4n) is 0.237. The summed E-state index contributed by atoms with van der Waals surface area (Å²) in [7, 11) is 0. The van der Waals surface area contributed by atoms with Crippen LogP contribution in [0.15, 0.2) is 24.2 Å². The topological polar surface area (TPSA) is 49.7 Å². The molecule has 0 aliphatic carbocycles. The molecule has 0 unspecified atom stereocenters. The number of allylic oxidation sites excluding steroid dienone is 2. The Labute approximate surface area is 47.5 Å². The Balaban J connectivity index is 3.75. The van der Waals surface area contributed by atoms with E-state index in [2.05, 4.69) is 11.5 Å². The molecule has 0 fully saturated rings. The van der Waals surface area contributed by atoms with Crippen molar-refractivity contribution >= 4 is 0 Å². The zero-order valence-corrected chi connectivity index (χ0v) is 4.59. The third-order valence-electron chi connectivity index (χ3n) is 0.463. The van der Waals surface area contributed by atoms with Crippen molar-refractivity contribution in [1.82, 2.24) is 0 Å². The van der Waals surface area contributed by atoms with E-state index in [1.165, 1.54) is 6.08 Å². The smallest absolute Gasteiger partial charge is 0.314 e. The van der Waals surface area contributed by atoms with E-state index in [0.717, 1.165) is 0 Å². The first-order valence-electron chi connectivity index (χ1n) is 2.04. The van der Waals surface area contributed by atoms with Gasteiger partial charge in [0.05, 0.1) is 0 Å². The van der Waals surface area contributed by atoms with E-state index >= 15 is 0 Å². The zero-order valence-electron chi connectivity index (χ0n) is 4.59. The molecule has 0 bridgehead atoms. The van der Waals surface area contributed by atoms with Crippen LogP contribution in [0.2, 0.25) is 0 Å². The van der Waals surface area contributed by atoms with Crippen molar-refractivity contribution in [3.8, 4) is 0 Å². The monoisotopic (exact) mass is 116 g/mol. The van der Waals surface area contributed by atoms with Gasteiger partial charge in [0.15, 0.2) is 0 Å². The summed E-state index contributed by atoms with van der Waals surface area (Å²) in [5.41, 5.74) is 0.608. The number of rotatable bonds is 2. The molecule has 0 rings (SSSR count). The van der Waals surface area contributed by atoms with Gasteiger partial charge in [0.2, 0.25) is 0 Å². The summed E-state index contributed by atoms with van der Waals surface area (Å²) in [6, 6.07) is 0. The van der Waals surface area contributed by atoms with Crippen LogP contribution in [0.1, 0.15) is 6.92 Å². The van der Waals surface area contributed by atoms with Crippen molar-refractivity contribution in [1.29, 1.82) is 0 Å². The van der Waals surface area contributed by atoms with Crippen LogP contribution in [0.25, 0.3) is 0 Å². The molecule has 0 aromatic heterocycles. The molecule has 0 heterocycles. The maximum atomic E-state index is 8.36. The Bertz CT molecular complexity index is 115. The normalized spacial score (nSPS) is 11.0. The second-order valence-electron chi connectivity index (χ2n) is 1.42. The molecule has 0 atom stereocenters. The van der Waals surface area contributed by atoms with E-state index in [1.807, 2.05) is 0 Å². The van der Waals surface area contributed by atoms with Crippen LogP contribution >= 0.6 is 0 Å². The van der Waals surface area contributed by atoms with Crippen LogP contribution in [0.4, 0.5) is 0 Å². The summed E-state index contributed by atoms with van der Waals surface area (Å²) in [4.78, 5) is 3.42. The lowest BCUT2D eigenvalue weighted by molar-refractivity contribution is -0.235. The molecule has 0 aliphatic rings. The fraction of sp³-hybridized carbons (Fsp3) is 0.200. The van der Waals surface area contributed by atoms with Gasteiger partial charge < -0.3 is 9.99 Å². The Morgan fingerprint density at radius 2 is 2.25 bits per heavy atom. The predicted octanol–water partition coefficient (Wildman–Crippen LogP) is 1.45. The van der Waals surface area contributed by atoms with Crippen LogP contribution in [-0.2, 0) is 4.89 Å². The first-order valence-corrected chi connectivity index (χ1v) is 2.04. The standard InChI is InChI=1S/C5H8O3/c1-4(2)3-5(6)8-7/h3,6-7H,1H2,2H3/b5-3-. The summed E-state index contributed by atoms with van der Waals surface area (Å²) in [5, 5.41) is 16.1. The minimum atomic E-state index is -0.544. The van der Waals surface area contributed by atoms with Gasteiger partial charge in [-0.1, -0.05) is 12.2 Å². The summed E-state index contributed by atoms with van der Waals surface area (Å²) >= 11 is 0. The number of hydrogen-bond donors (Lipinski definition) is 2. The molecule has 0 amide bonds. The van der Waals surface area contributed by atoms with Crippen molar-refractivity contribution in [2.45, 2.75) is 6.92 Å². The zero-order chi connectivity index (χ0) is 6.57. The second-order valence-corrected chi connectivity index (χ2v) is 1.42. The molecule has 3 nitrogen and oxygen atoms in total. The van der Waals surface area contributed by atoms with E-state index in [4.69, 9.17) is 10.4 Å². The summed E-state index contributed by atoms with van der Waals surface area (Å²) in [6.45, 7) is 5.08. The molecule has 0 aromatic carbocycles. The van der Waals surface area contributed by atoms with Crippen LogP contribution in [-0.4, -0.2) is 10.4 Å². The van der Waals surface area contributed by atoms with Crippen molar-refractivity contribution in [2.75, 3.05) is 0 Å². The number of hydrogen-bond acceptors (Lipinski definition) is 3. The van der Waals surface area contributed by atoms with Gasteiger partial charge in [-0.3, -0.25) is 0 Å². The summed E-state index contributed by atoms with van der Waals surface area (Å²) in [5.74, 6) is -0.544. The molecule has 0 radical (unpaired) electrons. The molecule has 46 valence electrons. The van der Waals surface area contributed by atoms with Crippen molar-refractivity contribution in [2.24, 2.45) is 0 Å². The molecule has 0 aromatic rings. The van der Waals surface area contributed by atoms with E-state index < -0.39 is 5.95 Å². The number of aliphatic hydroxyl groups is 1. The molecule has 0 saturated carbocycles. The molecule has 0 saturated heterocycles. The van der Waals surface area contributed by atoms with E-state index in [0.29, 0.717) is 5.57 Å². The van der Waals surface area contributed by atoms with E-state index in [9.17, 15) is 0 Å². The molecule has 0 spiro atoms. The van der Waals surface area contributed by atoms with Crippen LogP contribution in [0.5, 0.6) is 0 Å². The lowest BCUT2D eigenvalue weighted by Gasteiger charge is -1.90. The summed E-state index contributed by atoms with van der Waals surface area (Å²) < 4.78 is 0. The van der Waals surface area contributed by atoms with Crippen molar-refractivity contribution < 1.29 is 15.3 Å². The highest BCUT2D eigenvalue weighted by atomic mass is 17.1. The molecule has 2 N–H and O–H groups in total. The van der Waals surface area contributed by atoms with Gasteiger partial charge >= 0.3 is 5.95 Å². The molecule has 0 aliphatic heterocycles. The van der Waals surface area contributed by atoms with E-state index in [1.54, 1.807) is 6.92 Å². The maximum Gasteiger partial charge on any atom is 0.314 e. The Hall–Kier alpha value is -0.960. The molecular weight excluding hydrogens is 108 g/mol. The quantitative estimate of drug-likeness (QED) is 0.248. The number of aliphatic hydroxyl groups excluding tert-OH is 1. The fourth-order valence-corrected chi connectivity index (χ4v) is 0.237. The van der Waals surface area contributed by atoms with Gasteiger partial charge in [0.25, 0.3) is 0 Å². The average molecular weight is 116 g/mol. The van der Waals surface area contributed by atoms with Crippen LogP contribution < -0.4 is 0 Å². The first-order chi connectivity index (χ1) is 3.66. The van der Waals surface area contributed by atoms with Gasteiger partial charge in [0, 0.05) is 6.08 Å². The van der Waals surface area contributed by atoms with Gasteiger partial charge in [-0.05, 0) is 6.92 Å². The first kappa shape index (κ1) is 7.04. The highest BCUT2D eigenvalue weighted by Crippen LogP contribution is 1.94. The molecule has 3 heteroatoms. The highest BCUT2D eigenvalue weighted by Gasteiger charge is 1.87. The average Bonchev–Trinajstić information content (AvgIpc) is 1.65. The Morgan fingerprint density at radius 3 is 2.38 bits per heavy atom. The summed E-state index contributed by atoms with van der Waals surface area (Å²) in [6.07, 6.45) is 1.19. The SMILES string of the molecule is C=C(C)/C=C(/O)OO. The Kier molecular flexibility index (Phi) is 2.72. The third-order valence-corrected chi connectivity index (χ3v) is 0.463.